The van der Waals surface area contributed by atoms with Gasteiger partial charge in [0.1, 0.15) is 5.69 Å². The number of aryl methyl sites for hydroxylation is 2. The number of hydrogen-bond donors (Lipinski definition) is 0. The highest BCUT2D eigenvalue weighted by molar-refractivity contribution is 5.92. The molecule has 3 aromatic rings. The van der Waals surface area contributed by atoms with Gasteiger partial charge >= 0.3 is 0 Å². The number of amides is 1. The standard InChI is InChI=1S/C22H23N5O/c1-26-18(9-12-24-26)21(28)27-13-5-10-22(15-27)11-8-17-14-23-20(25-19(17)22)16-6-3-2-4-7-16/h2-4,6-7,9,12,14H,5,8,10-11,13,15H2,1H3. The lowest BCUT2D eigenvalue weighted by Crippen LogP contribution is -2.48. The number of carbonyl (C=O) groups is 1. The molecular weight excluding hydrogens is 350 g/mol. The van der Waals surface area contributed by atoms with Gasteiger partial charge < -0.3 is 4.90 Å². The molecule has 1 amide bonds. The smallest absolute Gasteiger partial charge is 0.272 e. The minimum atomic E-state index is -0.0612. The van der Waals surface area contributed by atoms with Crippen molar-refractivity contribution < 1.29 is 4.79 Å². The number of fused-ring (bicyclic) bond motifs is 2. The predicted molar refractivity (Wildman–Crippen MR) is 106 cm³/mol. The van der Waals surface area contributed by atoms with Crippen LogP contribution in [0.1, 0.15) is 41.0 Å². The molecule has 0 saturated carbocycles. The zero-order valence-electron chi connectivity index (χ0n) is 16.0. The first-order chi connectivity index (χ1) is 13.7. The Morgan fingerprint density at radius 2 is 2.00 bits per heavy atom. The molecular formula is C22H23N5O. The molecule has 6 nitrogen and oxygen atoms in total. The Labute approximate surface area is 164 Å². The third-order valence-corrected chi connectivity index (χ3v) is 6.18. The lowest BCUT2D eigenvalue weighted by Gasteiger charge is -2.40. The number of hydrogen-bond acceptors (Lipinski definition) is 4. The summed E-state index contributed by atoms with van der Waals surface area (Å²) in [6.07, 6.45) is 7.75. The summed E-state index contributed by atoms with van der Waals surface area (Å²) in [6, 6.07) is 11.9. The van der Waals surface area contributed by atoms with Crippen molar-refractivity contribution in [2.75, 3.05) is 13.1 Å². The Balaban J connectivity index is 1.49. The minimum absolute atomic E-state index is 0.0601. The topological polar surface area (TPSA) is 63.9 Å². The van der Waals surface area contributed by atoms with E-state index in [9.17, 15) is 4.79 Å². The van der Waals surface area contributed by atoms with E-state index in [0.29, 0.717) is 5.69 Å². The summed E-state index contributed by atoms with van der Waals surface area (Å²) in [7, 11) is 1.82. The maximum absolute atomic E-state index is 13.1. The van der Waals surface area contributed by atoms with Gasteiger partial charge in [0.25, 0.3) is 5.91 Å². The van der Waals surface area contributed by atoms with Gasteiger partial charge in [-0.25, -0.2) is 9.97 Å². The fourth-order valence-electron chi connectivity index (χ4n) is 4.72. The van der Waals surface area contributed by atoms with Crippen molar-refractivity contribution in [1.29, 1.82) is 0 Å². The van der Waals surface area contributed by atoms with E-state index in [0.717, 1.165) is 55.9 Å². The lowest BCUT2D eigenvalue weighted by molar-refractivity contribution is 0.0622. The summed E-state index contributed by atoms with van der Waals surface area (Å²) in [5.41, 5.74) is 3.99. The van der Waals surface area contributed by atoms with Crippen LogP contribution in [0.3, 0.4) is 0 Å². The molecule has 1 aromatic carbocycles. The van der Waals surface area contributed by atoms with Gasteiger partial charge in [-0.2, -0.15) is 5.10 Å². The summed E-state index contributed by atoms with van der Waals surface area (Å²) in [6.45, 7) is 1.51. The highest BCUT2D eigenvalue weighted by Crippen LogP contribution is 2.44. The molecule has 1 unspecified atom stereocenters. The monoisotopic (exact) mass is 373 g/mol. The zero-order chi connectivity index (χ0) is 19.1. The van der Waals surface area contributed by atoms with Crippen molar-refractivity contribution >= 4 is 5.91 Å². The van der Waals surface area contributed by atoms with Crippen molar-refractivity contribution in [1.82, 2.24) is 24.6 Å². The fourth-order valence-corrected chi connectivity index (χ4v) is 4.72. The van der Waals surface area contributed by atoms with Crippen molar-refractivity contribution in [3.63, 3.8) is 0 Å². The quantitative estimate of drug-likeness (QED) is 0.693. The number of aromatic nitrogens is 4. The molecule has 142 valence electrons. The third-order valence-electron chi connectivity index (χ3n) is 6.18. The second-order valence-corrected chi connectivity index (χ2v) is 7.88. The van der Waals surface area contributed by atoms with Crippen molar-refractivity contribution in [3.8, 4) is 11.4 Å². The average Bonchev–Trinajstić information content (AvgIpc) is 3.32. The van der Waals surface area contributed by atoms with Crippen LogP contribution in [0.4, 0.5) is 0 Å². The van der Waals surface area contributed by atoms with E-state index in [1.54, 1.807) is 16.9 Å². The van der Waals surface area contributed by atoms with Crippen LogP contribution in [0.2, 0.25) is 0 Å². The Hall–Kier alpha value is -3.02. The molecule has 1 saturated heterocycles. The molecule has 6 heteroatoms. The summed E-state index contributed by atoms with van der Waals surface area (Å²) in [5.74, 6) is 0.834. The summed E-state index contributed by atoms with van der Waals surface area (Å²) in [4.78, 5) is 24.7. The van der Waals surface area contributed by atoms with Gasteiger partial charge in [0, 0.05) is 43.5 Å². The summed E-state index contributed by atoms with van der Waals surface area (Å²) < 4.78 is 1.65. The zero-order valence-corrected chi connectivity index (χ0v) is 16.0. The molecule has 0 N–H and O–H groups in total. The van der Waals surface area contributed by atoms with Crippen LogP contribution in [-0.2, 0) is 18.9 Å². The normalized spacial score (nSPS) is 21.1. The first-order valence-electron chi connectivity index (χ1n) is 9.85. The molecule has 1 aliphatic heterocycles. The van der Waals surface area contributed by atoms with Gasteiger partial charge in [-0.05, 0) is 37.3 Å². The van der Waals surface area contributed by atoms with Crippen LogP contribution in [0.15, 0.2) is 48.8 Å². The average molecular weight is 373 g/mol. The van der Waals surface area contributed by atoms with Gasteiger partial charge in [0.2, 0.25) is 0 Å². The van der Waals surface area contributed by atoms with Crippen molar-refractivity contribution in [2.45, 2.75) is 31.1 Å². The SMILES string of the molecule is Cn1nccc1C(=O)N1CCCC2(CCc3cnc(-c4ccccc4)nc32)C1. The Morgan fingerprint density at radius 1 is 1.14 bits per heavy atom. The molecule has 28 heavy (non-hydrogen) atoms. The molecule has 5 rings (SSSR count). The number of likely N-dealkylation sites (tertiary alicyclic amines) is 1. The van der Waals surface area contributed by atoms with E-state index < -0.39 is 0 Å². The molecule has 1 spiro atoms. The minimum Gasteiger partial charge on any atom is -0.336 e. The van der Waals surface area contributed by atoms with E-state index >= 15 is 0 Å². The van der Waals surface area contributed by atoms with Crippen molar-refractivity contribution in [3.05, 3.63) is 65.7 Å². The van der Waals surface area contributed by atoms with Crippen molar-refractivity contribution in [2.24, 2.45) is 7.05 Å². The Bertz CT molecular complexity index is 1020. The lowest BCUT2D eigenvalue weighted by atomic mass is 9.77. The Kier molecular flexibility index (Phi) is 4.00. The van der Waals surface area contributed by atoms with Gasteiger partial charge in [0.05, 0.1) is 5.69 Å². The van der Waals surface area contributed by atoms with E-state index in [4.69, 9.17) is 4.98 Å². The van der Waals surface area contributed by atoms with Gasteiger partial charge in [-0.15, -0.1) is 0 Å². The molecule has 2 aliphatic rings. The van der Waals surface area contributed by atoms with E-state index in [2.05, 4.69) is 10.1 Å². The molecule has 1 aliphatic carbocycles. The molecule has 0 radical (unpaired) electrons. The van der Waals surface area contributed by atoms with E-state index in [1.807, 2.05) is 48.5 Å². The first-order valence-corrected chi connectivity index (χ1v) is 9.85. The van der Waals surface area contributed by atoms with Crippen LogP contribution < -0.4 is 0 Å². The van der Waals surface area contributed by atoms with Crippen LogP contribution in [-0.4, -0.2) is 43.6 Å². The number of benzene rings is 1. The maximum Gasteiger partial charge on any atom is 0.272 e. The molecule has 3 heterocycles. The van der Waals surface area contributed by atoms with E-state index in [-0.39, 0.29) is 11.3 Å². The van der Waals surface area contributed by atoms with Crippen LogP contribution in [0.5, 0.6) is 0 Å². The summed E-state index contributed by atoms with van der Waals surface area (Å²) >= 11 is 0. The second kappa shape index (κ2) is 6.55. The molecule has 1 atom stereocenters. The number of piperidine rings is 1. The van der Waals surface area contributed by atoms with E-state index in [1.165, 1.54) is 5.56 Å². The van der Waals surface area contributed by atoms with Gasteiger partial charge in [0.15, 0.2) is 5.82 Å². The second-order valence-electron chi connectivity index (χ2n) is 7.88. The highest BCUT2D eigenvalue weighted by Gasteiger charge is 2.45. The predicted octanol–water partition coefficient (Wildman–Crippen LogP) is 3.00. The third kappa shape index (κ3) is 2.71. The van der Waals surface area contributed by atoms with Gasteiger partial charge in [-0.3, -0.25) is 9.48 Å². The van der Waals surface area contributed by atoms with Crippen LogP contribution in [0, 0.1) is 0 Å². The molecule has 0 bridgehead atoms. The number of rotatable bonds is 2. The highest BCUT2D eigenvalue weighted by atomic mass is 16.2. The number of nitrogens with zero attached hydrogens (tertiary/aromatic N) is 5. The molecule has 2 aromatic heterocycles. The van der Waals surface area contributed by atoms with Gasteiger partial charge in [-0.1, -0.05) is 30.3 Å². The summed E-state index contributed by atoms with van der Waals surface area (Å²) in [5, 5.41) is 4.15. The van der Waals surface area contributed by atoms with Crippen LogP contribution >= 0.6 is 0 Å². The first kappa shape index (κ1) is 17.1. The van der Waals surface area contributed by atoms with Crippen LogP contribution in [0.25, 0.3) is 11.4 Å². The number of carbonyl (C=O) groups excluding carboxylic acids is 1. The largest absolute Gasteiger partial charge is 0.336 e. The maximum atomic E-state index is 13.1. The molecule has 1 fully saturated rings. The Morgan fingerprint density at radius 3 is 2.79 bits per heavy atom. The fraction of sp³-hybridized carbons (Fsp3) is 0.364.